The molecule has 0 saturated heterocycles. The van der Waals surface area contributed by atoms with E-state index in [1.165, 1.54) is 32.1 Å². The molecule has 1 heterocycles. The van der Waals surface area contributed by atoms with Crippen molar-refractivity contribution in [3.63, 3.8) is 0 Å². The highest BCUT2D eigenvalue weighted by Crippen LogP contribution is 2.33. The quantitative estimate of drug-likeness (QED) is 0.879. The highest BCUT2D eigenvalue weighted by atomic mass is 16.3. The van der Waals surface area contributed by atoms with Crippen LogP contribution in [0, 0.1) is 5.92 Å². The molecule has 1 N–H and O–H groups in total. The smallest absolute Gasteiger partial charge is 0.114 e. The molecule has 1 aromatic rings. The maximum atomic E-state index is 9.86. The molecule has 0 aliphatic heterocycles. The van der Waals surface area contributed by atoms with Crippen molar-refractivity contribution in [2.45, 2.75) is 64.5 Å². The number of aliphatic hydroxyl groups is 1. The number of hydrogen-bond acceptors (Lipinski definition) is 3. The Hall–Kier alpha value is -0.900. The molecule has 0 bridgehead atoms. The molecule has 4 heteroatoms. The fourth-order valence-corrected chi connectivity index (χ4v) is 2.55. The molecule has 0 aromatic carbocycles. The molecule has 2 rings (SSSR count). The van der Waals surface area contributed by atoms with Crippen molar-refractivity contribution < 1.29 is 5.11 Å². The molecule has 1 fully saturated rings. The predicted octanol–water partition coefficient (Wildman–Crippen LogP) is 2.65. The third kappa shape index (κ3) is 2.86. The van der Waals surface area contributed by atoms with Crippen LogP contribution < -0.4 is 0 Å². The van der Waals surface area contributed by atoms with Crippen molar-refractivity contribution in [3.05, 3.63) is 11.9 Å². The topological polar surface area (TPSA) is 50.9 Å². The van der Waals surface area contributed by atoms with Crippen molar-refractivity contribution in [1.29, 1.82) is 0 Å². The van der Waals surface area contributed by atoms with Gasteiger partial charge >= 0.3 is 0 Å². The Labute approximate surface area is 103 Å². The highest BCUT2D eigenvalue weighted by Gasteiger charge is 2.25. The van der Waals surface area contributed by atoms with E-state index in [1.807, 2.05) is 10.9 Å². The molecule has 96 valence electrons. The van der Waals surface area contributed by atoms with Crippen LogP contribution in [-0.2, 0) is 5.60 Å². The molecule has 0 radical (unpaired) electrons. The number of nitrogens with zero attached hydrogens (tertiary/aromatic N) is 3. The summed E-state index contributed by atoms with van der Waals surface area (Å²) < 4.78 is 1.94. The van der Waals surface area contributed by atoms with Crippen LogP contribution in [0.4, 0.5) is 0 Å². The molecule has 1 aliphatic carbocycles. The lowest BCUT2D eigenvalue weighted by atomic mass is 9.84. The minimum Gasteiger partial charge on any atom is -0.384 e. The van der Waals surface area contributed by atoms with Crippen LogP contribution in [0.3, 0.4) is 0 Å². The first-order chi connectivity index (χ1) is 8.00. The van der Waals surface area contributed by atoms with Crippen molar-refractivity contribution >= 4 is 0 Å². The Bertz CT molecular complexity index is 359. The van der Waals surface area contributed by atoms with Crippen LogP contribution in [0.25, 0.3) is 0 Å². The molecule has 0 unspecified atom stereocenters. The second kappa shape index (κ2) is 4.77. The molecule has 1 saturated carbocycles. The molecule has 0 amide bonds. The molecule has 0 spiro atoms. The van der Waals surface area contributed by atoms with Crippen LogP contribution in [0.1, 0.15) is 64.6 Å². The average molecular weight is 237 g/mol. The van der Waals surface area contributed by atoms with E-state index in [0.29, 0.717) is 11.7 Å². The number of rotatable bonds is 3. The van der Waals surface area contributed by atoms with Gasteiger partial charge in [0.1, 0.15) is 11.3 Å². The van der Waals surface area contributed by atoms with E-state index in [9.17, 15) is 5.11 Å². The fourth-order valence-electron chi connectivity index (χ4n) is 2.55. The van der Waals surface area contributed by atoms with Gasteiger partial charge in [0.05, 0.1) is 12.2 Å². The summed E-state index contributed by atoms with van der Waals surface area (Å²) in [6.45, 7) is 5.76. The zero-order chi connectivity index (χ0) is 12.5. The van der Waals surface area contributed by atoms with E-state index in [1.54, 1.807) is 13.8 Å². The average Bonchev–Trinajstić information content (AvgIpc) is 2.78. The van der Waals surface area contributed by atoms with Crippen molar-refractivity contribution in [3.8, 4) is 0 Å². The van der Waals surface area contributed by atoms with Gasteiger partial charge in [-0.1, -0.05) is 18.6 Å². The third-order valence-electron chi connectivity index (χ3n) is 3.90. The first kappa shape index (κ1) is 12.6. The van der Waals surface area contributed by atoms with Gasteiger partial charge in [0, 0.05) is 0 Å². The SMILES string of the molecule is CCC1CCC(n2cc(C(C)(C)O)nn2)CC1. The lowest BCUT2D eigenvalue weighted by molar-refractivity contribution is 0.0737. The molecule has 4 nitrogen and oxygen atoms in total. The third-order valence-corrected chi connectivity index (χ3v) is 3.90. The van der Waals surface area contributed by atoms with Gasteiger partial charge in [-0.15, -0.1) is 5.10 Å². The van der Waals surface area contributed by atoms with Gasteiger partial charge < -0.3 is 5.11 Å². The highest BCUT2D eigenvalue weighted by molar-refractivity contribution is 5.03. The first-order valence-electron chi connectivity index (χ1n) is 6.65. The van der Waals surface area contributed by atoms with E-state index in [4.69, 9.17) is 0 Å². The summed E-state index contributed by atoms with van der Waals surface area (Å²) in [7, 11) is 0. The van der Waals surface area contributed by atoms with Crippen LogP contribution >= 0.6 is 0 Å². The Morgan fingerprint density at radius 1 is 1.35 bits per heavy atom. The standard InChI is InChI=1S/C13H23N3O/c1-4-10-5-7-11(8-6-10)16-9-12(14-15-16)13(2,3)17/h9-11,17H,4-8H2,1-3H3. The fraction of sp³-hybridized carbons (Fsp3) is 0.846. The van der Waals surface area contributed by atoms with Crippen LogP contribution in [0.15, 0.2) is 6.20 Å². The maximum absolute atomic E-state index is 9.86. The summed E-state index contributed by atoms with van der Waals surface area (Å²) in [5, 5.41) is 18.1. The summed E-state index contributed by atoms with van der Waals surface area (Å²) in [5.41, 5.74) is -0.228. The summed E-state index contributed by atoms with van der Waals surface area (Å²) in [6, 6.07) is 0.474. The monoisotopic (exact) mass is 237 g/mol. The van der Waals surface area contributed by atoms with Gasteiger partial charge in [-0.25, -0.2) is 4.68 Å². The minimum absolute atomic E-state index is 0.474. The molecular weight excluding hydrogens is 214 g/mol. The second-order valence-corrected chi connectivity index (χ2v) is 5.73. The lowest BCUT2D eigenvalue weighted by Gasteiger charge is -2.27. The minimum atomic E-state index is -0.890. The molecule has 1 aromatic heterocycles. The van der Waals surface area contributed by atoms with E-state index < -0.39 is 5.60 Å². The largest absolute Gasteiger partial charge is 0.384 e. The summed E-state index contributed by atoms with van der Waals surface area (Å²) >= 11 is 0. The van der Waals surface area contributed by atoms with Crippen LogP contribution in [0.2, 0.25) is 0 Å². The normalized spacial score (nSPS) is 26.1. The van der Waals surface area contributed by atoms with Crippen molar-refractivity contribution in [2.75, 3.05) is 0 Å². The Kier molecular flexibility index (Phi) is 3.52. The van der Waals surface area contributed by atoms with Gasteiger partial charge in [0.15, 0.2) is 0 Å². The number of aromatic nitrogens is 3. The Balaban J connectivity index is 2.02. The molecular formula is C13H23N3O. The predicted molar refractivity (Wildman–Crippen MR) is 66.6 cm³/mol. The summed E-state index contributed by atoms with van der Waals surface area (Å²) in [6.07, 6.45) is 8.15. The van der Waals surface area contributed by atoms with Gasteiger partial charge in [-0.3, -0.25) is 0 Å². The van der Waals surface area contributed by atoms with Crippen molar-refractivity contribution in [1.82, 2.24) is 15.0 Å². The zero-order valence-corrected chi connectivity index (χ0v) is 11.1. The number of hydrogen-bond donors (Lipinski definition) is 1. The second-order valence-electron chi connectivity index (χ2n) is 5.73. The van der Waals surface area contributed by atoms with E-state index >= 15 is 0 Å². The first-order valence-corrected chi connectivity index (χ1v) is 6.65. The lowest BCUT2D eigenvalue weighted by Crippen LogP contribution is -2.18. The van der Waals surface area contributed by atoms with Crippen molar-refractivity contribution in [2.24, 2.45) is 5.92 Å². The van der Waals surface area contributed by atoms with E-state index in [-0.39, 0.29) is 0 Å². The molecule has 0 atom stereocenters. The maximum Gasteiger partial charge on any atom is 0.114 e. The summed E-state index contributed by atoms with van der Waals surface area (Å²) in [4.78, 5) is 0. The van der Waals surface area contributed by atoms with Gasteiger partial charge in [0.25, 0.3) is 0 Å². The van der Waals surface area contributed by atoms with Crippen LogP contribution in [0.5, 0.6) is 0 Å². The Morgan fingerprint density at radius 3 is 2.47 bits per heavy atom. The Morgan fingerprint density at radius 2 is 2.00 bits per heavy atom. The summed E-state index contributed by atoms with van der Waals surface area (Å²) in [5.74, 6) is 0.892. The zero-order valence-electron chi connectivity index (χ0n) is 11.1. The van der Waals surface area contributed by atoms with E-state index in [2.05, 4.69) is 17.2 Å². The van der Waals surface area contributed by atoms with Gasteiger partial charge in [0.2, 0.25) is 0 Å². The van der Waals surface area contributed by atoms with Gasteiger partial charge in [-0.2, -0.15) is 0 Å². The van der Waals surface area contributed by atoms with Gasteiger partial charge in [-0.05, 0) is 45.4 Å². The molecule has 17 heavy (non-hydrogen) atoms. The molecule has 1 aliphatic rings. The van der Waals surface area contributed by atoms with Crippen LogP contribution in [-0.4, -0.2) is 20.1 Å². The van der Waals surface area contributed by atoms with E-state index in [0.717, 1.165) is 5.92 Å².